The Kier molecular flexibility index (Phi) is 7.40. The Morgan fingerprint density at radius 3 is 2.45 bits per heavy atom. The van der Waals surface area contributed by atoms with Gasteiger partial charge in [-0.05, 0) is 56.9 Å². The molecule has 2 amide bonds. The van der Waals surface area contributed by atoms with E-state index in [4.69, 9.17) is 4.74 Å². The van der Waals surface area contributed by atoms with E-state index >= 15 is 0 Å². The van der Waals surface area contributed by atoms with Gasteiger partial charge in [0, 0.05) is 11.6 Å². The number of aryl methyl sites for hydroxylation is 1. The van der Waals surface area contributed by atoms with Crippen LogP contribution in [0.4, 0.5) is 18.9 Å². The minimum Gasteiger partial charge on any atom is -0.452 e. The SMILES string of the molecule is Cc1cccc(C(=O)Nc2ccccc2C(=O)OCC(=O)N(CC(F)(F)F)C(C)C2CC2)c1. The molecule has 1 aliphatic carbocycles. The zero-order chi connectivity index (χ0) is 24.2. The highest BCUT2D eigenvalue weighted by Gasteiger charge is 2.40. The first-order valence-corrected chi connectivity index (χ1v) is 10.6. The number of halogens is 3. The number of carbonyl (C=O) groups is 3. The van der Waals surface area contributed by atoms with Crippen molar-refractivity contribution in [3.63, 3.8) is 0 Å². The molecule has 0 heterocycles. The molecule has 33 heavy (non-hydrogen) atoms. The summed E-state index contributed by atoms with van der Waals surface area (Å²) in [6, 6.07) is 12.3. The largest absolute Gasteiger partial charge is 0.452 e. The zero-order valence-corrected chi connectivity index (χ0v) is 18.3. The maximum Gasteiger partial charge on any atom is 0.406 e. The van der Waals surface area contributed by atoms with Crippen molar-refractivity contribution in [3.8, 4) is 0 Å². The van der Waals surface area contributed by atoms with Crippen LogP contribution >= 0.6 is 0 Å². The predicted octanol–water partition coefficient (Wildman–Crippen LogP) is 4.59. The van der Waals surface area contributed by atoms with Crippen molar-refractivity contribution in [2.45, 2.75) is 38.9 Å². The van der Waals surface area contributed by atoms with E-state index in [0.717, 1.165) is 23.3 Å². The molecule has 0 aromatic heterocycles. The smallest absolute Gasteiger partial charge is 0.406 e. The molecule has 1 saturated carbocycles. The topological polar surface area (TPSA) is 75.7 Å². The van der Waals surface area contributed by atoms with Gasteiger partial charge in [0.2, 0.25) is 0 Å². The minimum absolute atomic E-state index is 0.0103. The molecule has 6 nitrogen and oxygen atoms in total. The number of amides is 2. The number of alkyl halides is 3. The summed E-state index contributed by atoms with van der Waals surface area (Å²) >= 11 is 0. The van der Waals surface area contributed by atoms with Gasteiger partial charge in [0.15, 0.2) is 6.61 Å². The van der Waals surface area contributed by atoms with Gasteiger partial charge in [0.25, 0.3) is 11.8 Å². The monoisotopic (exact) mass is 462 g/mol. The highest BCUT2D eigenvalue weighted by molar-refractivity contribution is 6.08. The normalized spacial score (nSPS) is 14.3. The molecule has 1 N–H and O–H groups in total. The van der Waals surface area contributed by atoms with Gasteiger partial charge in [-0.1, -0.05) is 29.8 Å². The highest BCUT2D eigenvalue weighted by atomic mass is 19.4. The number of esters is 1. The number of para-hydroxylation sites is 1. The molecule has 1 atom stereocenters. The average molecular weight is 462 g/mol. The van der Waals surface area contributed by atoms with Gasteiger partial charge >= 0.3 is 12.1 Å². The fourth-order valence-corrected chi connectivity index (χ4v) is 3.52. The van der Waals surface area contributed by atoms with E-state index in [1.54, 1.807) is 37.3 Å². The number of carbonyl (C=O) groups excluding carboxylic acids is 3. The van der Waals surface area contributed by atoms with Crippen LogP contribution in [0.15, 0.2) is 48.5 Å². The lowest BCUT2D eigenvalue weighted by Gasteiger charge is -2.30. The first-order chi connectivity index (χ1) is 15.5. The van der Waals surface area contributed by atoms with E-state index in [2.05, 4.69) is 5.32 Å². The molecular weight excluding hydrogens is 437 g/mol. The van der Waals surface area contributed by atoms with Crippen molar-refractivity contribution in [2.75, 3.05) is 18.5 Å². The zero-order valence-electron chi connectivity index (χ0n) is 18.3. The second-order valence-corrected chi connectivity index (χ2v) is 8.16. The molecule has 3 rings (SSSR count). The van der Waals surface area contributed by atoms with Gasteiger partial charge in [-0.25, -0.2) is 4.79 Å². The van der Waals surface area contributed by atoms with Crippen LogP contribution < -0.4 is 5.32 Å². The fraction of sp³-hybridized carbons (Fsp3) is 0.375. The minimum atomic E-state index is -4.56. The van der Waals surface area contributed by atoms with Crippen molar-refractivity contribution >= 4 is 23.5 Å². The molecule has 1 unspecified atom stereocenters. The van der Waals surface area contributed by atoms with Crippen LogP contribution in [0.3, 0.4) is 0 Å². The van der Waals surface area contributed by atoms with Gasteiger partial charge in [-0.3, -0.25) is 9.59 Å². The lowest BCUT2D eigenvalue weighted by atomic mass is 10.1. The third-order valence-electron chi connectivity index (χ3n) is 5.47. The van der Waals surface area contributed by atoms with Gasteiger partial charge in [-0.2, -0.15) is 13.2 Å². The summed E-state index contributed by atoms with van der Waals surface area (Å²) < 4.78 is 43.9. The molecule has 1 aliphatic rings. The third kappa shape index (κ3) is 6.81. The number of hydrogen-bond donors (Lipinski definition) is 1. The number of ether oxygens (including phenoxy) is 1. The number of anilines is 1. The first-order valence-electron chi connectivity index (χ1n) is 10.6. The molecule has 0 aliphatic heterocycles. The third-order valence-corrected chi connectivity index (χ3v) is 5.47. The summed E-state index contributed by atoms with van der Waals surface area (Å²) in [6.07, 6.45) is -3.04. The standard InChI is InChI=1S/C24H25F3N2O4/c1-15-6-5-7-18(12-15)22(31)28-20-9-4-3-8-19(20)23(32)33-13-21(30)29(14-24(25,26)27)16(2)17-10-11-17/h3-9,12,16-17H,10-11,13-14H2,1-2H3,(H,28,31). The van der Waals surface area contributed by atoms with E-state index in [9.17, 15) is 27.6 Å². The van der Waals surface area contributed by atoms with Crippen molar-refractivity contribution in [1.29, 1.82) is 0 Å². The van der Waals surface area contributed by atoms with Gasteiger partial charge in [-0.15, -0.1) is 0 Å². The predicted molar refractivity (Wildman–Crippen MR) is 116 cm³/mol. The van der Waals surface area contributed by atoms with Crippen molar-refractivity contribution in [3.05, 3.63) is 65.2 Å². The molecule has 0 saturated heterocycles. The summed E-state index contributed by atoms with van der Waals surface area (Å²) in [6.45, 7) is 1.18. The molecule has 0 bridgehead atoms. The van der Waals surface area contributed by atoms with Gasteiger partial charge in [0.05, 0.1) is 11.3 Å². The molecule has 2 aromatic rings. The molecule has 176 valence electrons. The molecule has 9 heteroatoms. The van der Waals surface area contributed by atoms with Crippen molar-refractivity contribution in [1.82, 2.24) is 4.90 Å². The van der Waals surface area contributed by atoms with E-state index in [1.807, 2.05) is 13.0 Å². The van der Waals surface area contributed by atoms with E-state index in [-0.39, 0.29) is 17.2 Å². The maximum absolute atomic E-state index is 13.0. The molecule has 0 radical (unpaired) electrons. The van der Waals surface area contributed by atoms with Gasteiger partial charge in [0.1, 0.15) is 6.54 Å². The van der Waals surface area contributed by atoms with E-state index < -0.39 is 43.2 Å². The fourth-order valence-electron chi connectivity index (χ4n) is 3.52. The van der Waals surface area contributed by atoms with Gasteiger partial charge < -0.3 is 15.0 Å². The summed E-state index contributed by atoms with van der Waals surface area (Å²) in [4.78, 5) is 38.4. The molecule has 2 aromatic carbocycles. The quantitative estimate of drug-likeness (QED) is 0.582. The Hall–Kier alpha value is -3.36. The summed E-state index contributed by atoms with van der Waals surface area (Å²) in [5.74, 6) is -2.26. The van der Waals surface area contributed by atoms with Crippen LogP contribution in [-0.2, 0) is 9.53 Å². The van der Waals surface area contributed by atoms with Crippen LogP contribution in [0.25, 0.3) is 0 Å². The Morgan fingerprint density at radius 2 is 1.82 bits per heavy atom. The highest BCUT2D eigenvalue weighted by Crippen LogP contribution is 2.36. The lowest BCUT2D eigenvalue weighted by molar-refractivity contribution is -0.167. The summed E-state index contributed by atoms with van der Waals surface area (Å²) in [5, 5.41) is 2.63. The second kappa shape index (κ2) is 10.1. The van der Waals surface area contributed by atoms with Crippen LogP contribution in [-0.4, -0.2) is 48.1 Å². The Balaban J connectivity index is 1.67. The first kappa shape index (κ1) is 24.3. The van der Waals surface area contributed by atoms with Crippen LogP contribution in [0.2, 0.25) is 0 Å². The second-order valence-electron chi connectivity index (χ2n) is 8.16. The van der Waals surface area contributed by atoms with Crippen LogP contribution in [0.1, 0.15) is 46.0 Å². The van der Waals surface area contributed by atoms with Crippen LogP contribution in [0, 0.1) is 12.8 Å². The average Bonchev–Trinajstić information content (AvgIpc) is 3.60. The number of hydrogen-bond acceptors (Lipinski definition) is 4. The maximum atomic E-state index is 13.0. The number of nitrogens with zero attached hydrogens (tertiary/aromatic N) is 1. The Morgan fingerprint density at radius 1 is 1.12 bits per heavy atom. The van der Waals surface area contributed by atoms with Crippen molar-refractivity contribution in [2.24, 2.45) is 5.92 Å². The Labute approximate surface area is 189 Å². The van der Waals surface area contributed by atoms with E-state index in [1.165, 1.54) is 12.1 Å². The molecule has 1 fully saturated rings. The Bertz CT molecular complexity index is 1030. The molecular formula is C24H25F3N2O4. The number of rotatable bonds is 8. The summed E-state index contributed by atoms with van der Waals surface area (Å²) in [7, 11) is 0. The van der Waals surface area contributed by atoms with Crippen molar-refractivity contribution < 1.29 is 32.3 Å². The molecule has 0 spiro atoms. The number of nitrogens with one attached hydrogen (secondary N) is 1. The lowest BCUT2D eigenvalue weighted by Crippen LogP contribution is -2.47. The summed E-state index contributed by atoms with van der Waals surface area (Å²) in [5.41, 5.74) is 1.44. The number of benzene rings is 2. The van der Waals surface area contributed by atoms with E-state index in [0.29, 0.717) is 5.56 Å². The van der Waals surface area contributed by atoms with Crippen LogP contribution in [0.5, 0.6) is 0 Å².